The van der Waals surface area contributed by atoms with Crippen molar-refractivity contribution in [3.05, 3.63) is 0 Å². The first-order chi connectivity index (χ1) is 1.73. The van der Waals surface area contributed by atoms with Crippen LogP contribution >= 0.6 is 0 Å². The Bertz CT molecular complexity index is 35.9. The Morgan fingerprint density at radius 3 is 1.14 bits per heavy atom. The second kappa shape index (κ2) is 16.1. The van der Waals surface area contributed by atoms with Gasteiger partial charge in [0.1, 0.15) is 0 Å². The second-order valence-electron chi connectivity index (χ2n) is 0.250. The number of halogens is 1. The summed E-state index contributed by atoms with van der Waals surface area (Å²) >= 11 is 0. The largest absolute Gasteiger partial charge is 3.00 e. The molecule has 0 rings (SSSR count). The summed E-state index contributed by atoms with van der Waals surface area (Å²) in [6.07, 6.45) is -2.33. The normalized spacial score (nSPS) is 3.43. The second-order valence-corrected chi connectivity index (χ2v) is 0.250. The predicted molar refractivity (Wildman–Crippen MR) is 5.40 cm³/mol. The Balaban J connectivity index is -0.0000000150. The number of hydrogen-bond donors (Lipinski definition) is 0. The van der Waals surface area contributed by atoms with Crippen molar-refractivity contribution in [1.82, 2.24) is 0 Å². The molecule has 0 aromatic rings. The molecule has 0 fully saturated rings. The van der Waals surface area contributed by atoms with E-state index in [0.29, 0.717) is 0 Å². The molecule has 0 bridgehead atoms. The van der Waals surface area contributed by atoms with Crippen LogP contribution < -0.4 is 34.2 Å². The van der Waals surface area contributed by atoms with Gasteiger partial charge >= 0.3 is 98.8 Å². The standard InChI is InChI=1S/CH2O3.2Eu.HI/c2-1(3)4;;;/h(H2,2,3,4);;;1H/q;2*+3;/p-3. The minimum Gasteiger partial charge on any atom is -1.00 e. The van der Waals surface area contributed by atoms with Gasteiger partial charge in [0.25, 0.3) is 0 Å². The predicted octanol–water partition coefficient (Wildman–Crippen LogP) is -5.44. The molecule has 40 valence electrons. The van der Waals surface area contributed by atoms with E-state index in [-0.39, 0.29) is 123 Å². The van der Waals surface area contributed by atoms with Crippen LogP contribution in [0.4, 0.5) is 4.79 Å². The van der Waals surface area contributed by atoms with Gasteiger partial charge in [0, 0.05) is 0 Å². The first-order valence-corrected chi connectivity index (χ1v) is 0.612. The zero-order valence-electron chi connectivity index (χ0n) is 2.86. The van der Waals surface area contributed by atoms with Gasteiger partial charge in [-0.05, 0) is 6.16 Å². The monoisotopic (exact) mass is 493 g/mol. The fraction of sp³-hybridized carbons (Fsp3) is 0. The minimum absolute atomic E-state index is 0. The molecule has 0 unspecified atom stereocenters. The number of carbonyl (C=O) groups is 1. The molecule has 0 heterocycles. The molecule has 0 aliphatic heterocycles. The van der Waals surface area contributed by atoms with E-state index < -0.39 is 6.16 Å². The smallest absolute Gasteiger partial charge is 1.00 e. The van der Waals surface area contributed by atoms with Gasteiger partial charge in [-0.2, -0.15) is 0 Å². The van der Waals surface area contributed by atoms with E-state index in [1.165, 1.54) is 0 Å². The average Bonchev–Trinajstić information content (AvgIpc) is 0.811. The van der Waals surface area contributed by atoms with Crippen LogP contribution in [0.25, 0.3) is 0 Å². The summed E-state index contributed by atoms with van der Waals surface area (Å²) in [6.45, 7) is 0. The molecule has 6 heteroatoms. The molecule has 0 saturated heterocycles. The van der Waals surface area contributed by atoms with Gasteiger partial charge in [-0.1, -0.05) is 0 Å². The third kappa shape index (κ3) is 46.9. The van der Waals surface area contributed by atoms with Crippen molar-refractivity contribution >= 4 is 6.16 Å². The molecule has 3 nitrogen and oxygen atoms in total. The molecule has 0 radical (unpaired) electrons. The van der Waals surface area contributed by atoms with Crippen molar-refractivity contribution < 1.29 is 138 Å². The zero-order valence-corrected chi connectivity index (χ0v) is 9.87. The molecule has 0 saturated carbocycles. The molecule has 7 heavy (non-hydrogen) atoms. The number of rotatable bonds is 0. The third-order valence-corrected chi connectivity index (χ3v) is 0. The van der Waals surface area contributed by atoms with Gasteiger partial charge in [0.15, 0.2) is 0 Å². The van der Waals surface area contributed by atoms with Crippen molar-refractivity contribution in [3.8, 4) is 0 Å². The number of carbonyl (C=O) groups excluding carboxylic acids is 1. The summed E-state index contributed by atoms with van der Waals surface area (Å²) in [5.41, 5.74) is 0. The molecule has 0 spiro atoms. The first kappa shape index (κ1) is 22.5. The fourth-order valence-corrected chi connectivity index (χ4v) is 0. The minimum atomic E-state index is -2.33. The van der Waals surface area contributed by atoms with Crippen molar-refractivity contribution in [3.63, 3.8) is 0 Å². The van der Waals surface area contributed by atoms with E-state index in [1.54, 1.807) is 0 Å². The Morgan fingerprint density at radius 2 is 1.14 bits per heavy atom. The zero-order chi connectivity index (χ0) is 3.58. The summed E-state index contributed by atoms with van der Waals surface area (Å²) < 4.78 is 0. The van der Waals surface area contributed by atoms with Crippen LogP contribution in [0.5, 0.6) is 0 Å². The van der Waals surface area contributed by atoms with E-state index in [4.69, 9.17) is 15.0 Å². The molecule has 0 aromatic carbocycles. The summed E-state index contributed by atoms with van der Waals surface area (Å²) in [4.78, 5) is 8.33. The van der Waals surface area contributed by atoms with E-state index >= 15 is 0 Å². The van der Waals surface area contributed by atoms with Crippen LogP contribution in [-0.2, 0) is 0 Å². The van der Waals surface area contributed by atoms with Crippen LogP contribution in [0, 0.1) is 98.8 Å². The van der Waals surface area contributed by atoms with E-state index in [9.17, 15) is 0 Å². The van der Waals surface area contributed by atoms with Crippen molar-refractivity contribution in [2.24, 2.45) is 0 Å². The van der Waals surface area contributed by atoms with E-state index in [2.05, 4.69) is 0 Å². The summed E-state index contributed by atoms with van der Waals surface area (Å²) in [5, 5.41) is 16.7. The Hall–Kier alpha value is 3.17. The van der Waals surface area contributed by atoms with Gasteiger partial charge in [0.2, 0.25) is 0 Å². The SMILES string of the molecule is O=C([O-])[O-].[Eu+3].[Eu+3].[I-]. The molecule has 0 atom stereocenters. The summed E-state index contributed by atoms with van der Waals surface area (Å²) in [5.74, 6) is 0. The first-order valence-electron chi connectivity index (χ1n) is 0.612. The van der Waals surface area contributed by atoms with Crippen LogP contribution in [-0.4, -0.2) is 6.16 Å². The van der Waals surface area contributed by atoms with Crippen molar-refractivity contribution in [2.45, 2.75) is 0 Å². The maximum absolute atomic E-state index is 8.33. The van der Waals surface area contributed by atoms with Crippen LogP contribution in [0.1, 0.15) is 0 Å². The summed E-state index contributed by atoms with van der Waals surface area (Å²) in [6, 6.07) is 0. The van der Waals surface area contributed by atoms with E-state index in [1.807, 2.05) is 0 Å². The maximum atomic E-state index is 8.33. The van der Waals surface area contributed by atoms with Crippen LogP contribution in [0.2, 0.25) is 0 Å². The van der Waals surface area contributed by atoms with Gasteiger partial charge in [-0.3, -0.25) is 0 Å². The Labute approximate surface area is 140 Å². The molecular weight excluding hydrogens is 491 g/mol. The third-order valence-electron chi connectivity index (χ3n) is 0. The fourth-order valence-electron chi connectivity index (χ4n) is 0. The van der Waals surface area contributed by atoms with Crippen molar-refractivity contribution in [1.29, 1.82) is 0 Å². The molecule has 0 amide bonds. The van der Waals surface area contributed by atoms with Crippen LogP contribution in [0.3, 0.4) is 0 Å². The molecule has 0 aliphatic rings. The molecular formula is CEu2IO3+3. The van der Waals surface area contributed by atoms with Gasteiger partial charge in [-0.15, -0.1) is 0 Å². The van der Waals surface area contributed by atoms with Gasteiger partial charge < -0.3 is 39.0 Å². The number of hydrogen-bond acceptors (Lipinski definition) is 3. The quantitative estimate of drug-likeness (QED) is 0.319. The Kier molecular flexibility index (Phi) is 51.6. The number of carboxylic acid groups (broad SMARTS) is 2. The van der Waals surface area contributed by atoms with E-state index in [0.717, 1.165) is 0 Å². The maximum Gasteiger partial charge on any atom is 3.00 e. The summed E-state index contributed by atoms with van der Waals surface area (Å²) in [7, 11) is 0. The molecule has 0 aromatic heterocycles. The van der Waals surface area contributed by atoms with Gasteiger partial charge in [0.05, 0.1) is 0 Å². The van der Waals surface area contributed by atoms with Gasteiger partial charge in [-0.25, -0.2) is 0 Å². The topological polar surface area (TPSA) is 63.2 Å². The molecule has 0 aliphatic carbocycles. The Morgan fingerprint density at radius 1 is 1.14 bits per heavy atom. The molecule has 0 N–H and O–H groups in total. The van der Waals surface area contributed by atoms with Crippen molar-refractivity contribution in [2.75, 3.05) is 0 Å². The average molecular weight is 491 g/mol. The van der Waals surface area contributed by atoms with Crippen LogP contribution in [0.15, 0.2) is 0 Å².